The SMILES string of the molecule is c1ccc2c([P]C3CCCC3)cccc2c1. The normalized spacial score (nSPS) is 17.8. The summed E-state index contributed by atoms with van der Waals surface area (Å²) in [4.78, 5) is 0. The molecule has 0 spiro atoms. The Morgan fingerprint density at radius 2 is 1.62 bits per heavy atom. The molecule has 0 nitrogen and oxygen atoms in total. The molecular formula is C15H16P. The third kappa shape index (κ3) is 1.99. The first-order valence-electron chi connectivity index (χ1n) is 6.12. The lowest BCUT2D eigenvalue weighted by Crippen LogP contribution is -2.03. The van der Waals surface area contributed by atoms with Gasteiger partial charge in [0.1, 0.15) is 0 Å². The molecule has 3 rings (SSSR count). The summed E-state index contributed by atoms with van der Waals surface area (Å²) in [5, 5.41) is 4.34. The van der Waals surface area contributed by atoms with Crippen molar-refractivity contribution >= 4 is 24.7 Å². The fourth-order valence-electron chi connectivity index (χ4n) is 2.55. The van der Waals surface area contributed by atoms with Gasteiger partial charge in [-0.1, -0.05) is 55.3 Å². The van der Waals surface area contributed by atoms with Crippen LogP contribution in [-0.2, 0) is 0 Å². The number of rotatable bonds is 2. The lowest BCUT2D eigenvalue weighted by molar-refractivity contribution is 0.886. The van der Waals surface area contributed by atoms with Crippen molar-refractivity contribution < 1.29 is 0 Å². The molecule has 2 aromatic rings. The van der Waals surface area contributed by atoms with Gasteiger partial charge in [0, 0.05) is 0 Å². The lowest BCUT2D eigenvalue weighted by atomic mass is 10.1. The maximum atomic E-state index is 2.29. The largest absolute Gasteiger partial charge is 0.0616 e. The first-order valence-corrected chi connectivity index (χ1v) is 7.08. The van der Waals surface area contributed by atoms with Crippen molar-refractivity contribution in [3.8, 4) is 0 Å². The van der Waals surface area contributed by atoms with Crippen LogP contribution >= 0.6 is 8.58 Å². The van der Waals surface area contributed by atoms with E-state index in [2.05, 4.69) is 42.5 Å². The van der Waals surface area contributed by atoms with Crippen LogP contribution in [0, 0.1) is 0 Å². The van der Waals surface area contributed by atoms with E-state index in [-0.39, 0.29) is 0 Å². The van der Waals surface area contributed by atoms with Crippen molar-refractivity contribution in [1.29, 1.82) is 0 Å². The Kier molecular flexibility index (Phi) is 2.93. The molecule has 2 aromatic carbocycles. The summed E-state index contributed by atoms with van der Waals surface area (Å²) in [6.45, 7) is 0. The van der Waals surface area contributed by atoms with Crippen molar-refractivity contribution in [2.75, 3.05) is 0 Å². The predicted molar refractivity (Wildman–Crippen MR) is 72.8 cm³/mol. The van der Waals surface area contributed by atoms with Gasteiger partial charge in [-0.15, -0.1) is 0 Å². The standard InChI is InChI=1S/C15H16P/c1-4-10-14-12(6-1)7-5-11-15(14)16-13-8-2-3-9-13/h1,4-7,10-11,13H,2-3,8-9H2. The van der Waals surface area contributed by atoms with E-state index in [1.165, 1.54) is 41.8 Å². The Balaban J connectivity index is 1.96. The molecule has 0 aliphatic heterocycles. The molecule has 0 aromatic heterocycles. The zero-order chi connectivity index (χ0) is 10.8. The minimum atomic E-state index is 0.908. The molecule has 0 atom stereocenters. The molecule has 0 unspecified atom stereocenters. The Hall–Kier alpha value is -0.870. The summed E-state index contributed by atoms with van der Waals surface area (Å²) in [5.74, 6) is 0. The summed E-state index contributed by atoms with van der Waals surface area (Å²) < 4.78 is 0. The van der Waals surface area contributed by atoms with E-state index in [9.17, 15) is 0 Å². The van der Waals surface area contributed by atoms with E-state index in [1.807, 2.05) is 0 Å². The van der Waals surface area contributed by atoms with Crippen molar-refractivity contribution in [3.63, 3.8) is 0 Å². The molecule has 1 heteroatoms. The molecule has 0 heterocycles. The average Bonchev–Trinajstić information content (AvgIpc) is 2.82. The van der Waals surface area contributed by atoms with E-state index < -0.39 is 0 Å². The van der Waals surface area contributed by atoms with Crippen LogP contribution in [0.25, 0.3) is 10.8 Å². The van der Waals surface area contributed by atoms with E-state index in [0.717, 1.165) is 5.66 Å². The second kappa shape index (κ2) is 4.55. The Morgan fingerprint density at radius 1 is 0.875 bits per heavy atom. The smallest absolute Gasteiger partial charge is 0.0103 e. The molecule has 16 heavy (non-hydrogen) atoms. The van der Waals surface area contributed by atoms with Gasteiger partial charge < -0.3 is 0 Å². The van der Waals surface area contributed by atoms with Crippen molar-refractivity contribution in [2.45, 2.75) is 31.3 Å². The second-order valence-electron chi connectivity index (χ2n) is 4.57. The maximum Gasteiger partial charge on any atom is -0.0103 e. The number of benzene rings is 2. The minimum absolute atomic E-state index is 0.908. The number of hydrogen-bond acceptors (Lipinski definition) is 0. The van der Waals surface area contributed by atoms with Crippen molar-refractivity contribution in [2.24, 2.45) is 0 Å². The van der Waals surface area contributed by atoms with Crippen LogP contribution in [0.2, 0.25) is 0 Å². The molecule has 0 amide bonds. The quantitative estimate of drug-likeness (QED) is 0.669. The fraction of sp³-hybridized carbons (Fsp3) is 0.333. The minimum Gasteiger partial charge on any atom is -0.0616 e. The van der Waals surface area contributed by atoms with Crippen LogP contribution in [0.15, 0.2) is 42.5 Å². The molecule has 1 fully saturated rings. The van der Waals surface area contributed by atoms with Crippen LogP contribution in [0.4, 0.5) is 0 Å². The Morgan fingerprint density at radius 3 is 2.50 bits per heavy atom. The fourth-order valence-corrected chi connectivity index (χ4v) is 4.08. The van der Waals surface area contributed by atoms with Crippen molar-refractivity contribution in [1.82, 2.24) is 0 Å². The van der Waals surface area contributed by atoms with E-state index >= 15 is 0 Å². The van der Waals surface area contributed by atoms with Gasteiger partial charge in [0.15, 0.2) is 0 Å². The monoisotopic (exact) mass is 227 g/mol. The summed E-state index contributed by atoms with van der Waals surface area (Å²) in [7, 11) is 1.55. The average molecular weight is 227 g/mol. The highest BCUT2D eigenvalue weighted by Gasteiger charge is 2.16. The summed E-state index contributed by atoms with van der Waals surface area (Å²) in [5.41, 5.74) is 0.908. The first kappa shape index (κ1) is 10.3. The zero-order valence-electron chi connectivity index (χ0n) is 9.39. The number of fused-ring (bicyclic) bond motifs is 1. The third-order valence-corrected chi connectivity index (χ3v) is 4.96. The van der Waals surface area contributed by atoms with Crippen LogP contribution in [-0.4, -0.2) is 5.66 Å². The van der Waals surface area contributed by atoms with Gasteiger partial charge in [0.2, 0.25) is 0 Å². The topological polar surface area (TPSA) is 0 Å². The van der Waals surface area contributed by atoms with Gasteiger partial charge in [0.25, 0.3) is 0 Å². The van der Waals surface area contributed by atoms with E-state index in [1.54, 1.807) is 8.58 Å². The molecule has 0 N–H and O–H groups in total. The molecule has 1 aliphatic carbocycles. The maximum absolute atomic E-state index is 2.29. The highest BCUT2D eigenvalue weighted by Crippen LogP contribution is 2.34. The lowest BCUT2D eigenvalue weighted by Gasteiger charge is -2.10. The molecule has 1 radical (unpaired) electrons. The van der Waals surface area contributed by atoms with Gasteiger partial charge in [-0.3, -0.25) is 0 Å². The van der Waals surface area contributed by atoms with Crippen LogP contribution in [0.1, 0.15) is 25.7 Å². The van der Waals surface area contributed by atoms with Gasteiger partial charge >= 0.3 is 0 Å². The highest BCUT2D eigenvalue weighted by atomic mass is 31.1. The van der Waals surface area contributed by atoms with E-state index in [4.69, 9.17) is 0 Å². The van der Waals surface area contributed by atoms with Crippen molar-refractivity contribution in [3.05, 3.63) is 42.5 Å². The summed E-state index contributed by atoms with van der Waals surface area (Å²) in [6, 6.07) is 15.4. The molecular weight excluding hydrogens is 211 g/mol. The van der Waals surface area contributed by atoms with Crippen LogP contribution in [0.3, 0.4) is 0 Å². The van der Waals surface area contributed by atoms with Gasteiger partial charge in [-0.25, -0.2) is 0 Å². The van der Waals surface area contributed by atoms with Gasteiger partial charge in [0.05, 0.1) is 0 Å². The zero-order valence-corrected chi connectivity index (χ0v) is 10.3. The molecule has 1 saturated carbocycles. The number of hydrogen-bond donors (Lipinski definition) is 0. The van der Waals surface area contributed by atoms with Gasteiger partial charge in [-0.2, -0.15) is 0 Å². The highest BCUT2D eigenvalue weighted by molar-refractivity contribution is 7.48. The summed E-state index contributed by atoms with van der Waals surface area (Å²) >= 11 is 0. The summed E-state index contributed by atoms with van der Waals surface area (Å²) in [6.07, 6.45) is 5.71. The molecule has 0 bridgehead atoms. The third-order valence-electron chi connectivity index (χ3n) is 3.41. The molecule has 0 saturated heterocycles. The predicted octanol–water partition coefficient (Wildman–Crippen LogP) is 4.35. The second-order valence-corrected chi connectivity index (χ2v) is 6.04. The van der Waals surface area contributed by atoms with Crippen LogP contribution in [0.5, 0.6) is 0 Å². The first-order chi connectivity index (χ1) is 7.93. The molecule has 81 valence electrons. The van der Waals surface area contributed by atoms with Crippen LogP contribution < -0.4 is 5.30 Å². The Labute approximate surface area is 98.8 Å². The Bertz CT molecular complexity index is 478. The molecule has 1 aliphatic rings. The van der Waals surface area contributed by atoms with Gasteiger partial charge in [-0.05, 0) is 43.2 Å². The van der Waals surface area contributed by atoms with E-state index in [0.29, 0.717) is 0 Å².